The molecule has 7 nitrogen and oxygen atoms in total. The average molecular weight is 266 g/mol. The van der Waals surface area contributed by atoms with Gasteiger partial charge in [0.2, 0.25) is 15.9 Å². The van der Waals surface area contributed by atoms with E-state index in [1.54, 1.807) is 0 Å². The van der Waals surface area contributed by atoms with Crippen LogP contribution in [0, 0.1) is 5.92 Å². The molecule has 8 heteroatoms. The lowest BCUT2D eigenvalue weighted by Crippen LogP contribution is -2.41. The van der Waals surface area contributed by atoms with Crippen molar-refractivity contribution in [2.45, 2.75) is 13.8 Å². The number of hydrogen-bond donors (Lipinski definition) is 2. The maximum absolute atomic E-state index is 11.4. The van der Waals surface area contributed by atoms with Gasteiger partial charge in [-0.1, -0.05) is 13.8 Å². The lowest BCUT2D eigenvalue weighted by Gasteiger charge is -2.16. The smallest absolute Gasteiger partial charge is 0.320 e. The summed E-state index contributed by atoms with van der Waals surface area (Å²) in [5.74, 6) is -2.64. The quantitative estimate of drug-likeness (QED) is 0.622. The zero-order valence-electron chi connectivity index (χ0n) is 10.1. The number of rotatable bonds is 7. The minimum atomic E-state index is -3.92. The zero-order valence-corrected chi connectivity index (χ0v) is 11.0. The molecule has 0 bridgehead atoms. The van der Waals surface area contributed by atoms with Gasteiger partial charge in [0.1, 0.15) is 0 Å². The molecule has 0 fully saturated rings. The highest BCUT2D eigenvalue weighted by Crippen LogP contribution is 1.97. The van der Waals surface area contributed by atoms with Gasteiger partial charge in [-0.15, -0.1) is 0 Å². The maximum Gasteiger partial charge on any atom is 0.320 e. The Hall–Kier alpha value is -1.15. The number of likely N-dealkylation sites (N-methyl/N-ethyl adjacent to an activating group) is 1. The van der Waals surface area contributed by atoms with E-state index >= 15 is 0 Å². The predicted molar refractivity (Wildman–Crippen MR) is 61.9 cm³/mol. The van der Waals surface area contributed by atoms with Crippen LogP contribution in [0.25, 0.3) is 0 Å². The fourth-order valence-corrected chi connectivity index (χ4v) is 1.79. The summed E-state index contributed by atoms with van der Waals surface area (Å²) in [6, 6.07) is 0. The molecule has 100 valence electrons. The number of carbonyl (C=O) groups is 2. The number of carboxylic acid groups (broad SMARTS) is 1. The van der Waals surface area contributed by atoms with Crippen LogP contribution in [-0.2, 0) is 19.6 Å². The summed E-state index contributed by atoms with van der Waals surface area (Å²) in [4.78, 5) is 21.6. The first-order chi connectivity index (χ1) is 7.65. The summed E-state index contributed by atoms with van der Waals surface area (Å²) in [5, 5.41) is 10.9. The molecule has 0 spiro atoms. The number of carbonyl (C=O) groups excluding carboxylic acids is 1. The fourth-order valence-electron chi connectivity index (χ4n) is 0.941. The van der Waals surface area contributed by atoms with Crippen molar-refractivity contribution in [1.29, 1.82) is 0 Å². The van der Waals surface area contributed by atoms with E-state index in [9.17, 15) is 18.0 Å². The molecule has 0 unspecified atom stereocenters. The highest BCUT2D eigenvalue weighted by Gasteiger charge is 2.23. The van der Waals surface area contributed by atoms with Gasteiger partial charge in [0.05, 0.1) is 6.54 Å². The molecular formula is C9H18N2O5S. The molecule has 1 amide bonds. The van der Waals surface area contributed by atoms with Crippen LogP contribution in [0.1, 0.15) is 13.8 Å². The SMILES string of the molecule is CC(C)CNC(=O)CN(C)S(=O)(=O)CC(=O)O. The molecule has 0 saturated heterocycles. The van der Waals surface area contributed by atoms with Gasteiger partial charge in [-0.25, -0.2) is 8.42 Å². The first kappa shape index (κ1) is 15.9. The second-order valence-corrected chi connectivity index (χ2v) is 6.18. The van der Waals surface area contributed by atoms with Crippen LogP contribution in [-0.4, -0.2) is 55.6 Å². The molecule has 0 aromatic carbocycles. The second kappa shape index (κ2) is 6.55. The maximum atomic E-state index is 11.4. The number of carboxylic acids is 1. The first-order valence-electron chi connectivity index (χ1n) is 5.07. The molecule has 17 heavy (non-hydrogen) atoms. The minimum Gasteiger partial charge on any atom is -0.480 e. The molecule has 0 aliphatic heterocycles. The highest BCUT2D eigenvalue weighted by atomic mass is 32.2. The normalized spacial score (nSPS) is 11.8. The van der Waals surface area contributed by atoms with Crippen molar-refractivity contribution in [3.8, 4) is 0 Å². The van der Waals surface area contributed by atoms with Gasteiger partial charge in [-0.2, -0.15) is 4.31 Å². The van der Waals surface area contributed by atoms with Crippen molar-refractivity contribution in [2.75, 3.05) is 25.9 Å². The number of amides is 1. The molecular weight excluding hydrogens is 248 g/mol. The van der Waals surface area contributed by atoms with Crippen molar-refractivity contribution in [1.82, 2.24) is 9.62 Å². The van der Waals surface area contributed by atoms with E-state index in [4.69, 9.17) is 5.11 Å². The predicted octanol–water partition coefficient (Wildman–Crippen LogP) is -0.895. The number of nitrogens with zero attached hydrogens (tertiary/aromatic N) is 1. The van der Waals surface area contributed by atoms with Gasteiger partial charge in [-0.05, 0) is 5.92 Å². The summed E-state index contributed by atoms with van der Waals surface area (Å²) >= 11 is 0. The Kier molecular flexibility index (Phi) is 6.11. The van der Waals surface area contributed by atoms with Crippen molar-refractivity contribution in [3.05, 3.63) is 0 Å². The molecule has 0 rings (SSSR count). The monoisotopic (exact) mass is 266 g/mol. The third-order valence-electron chi connectivity index (χ3n) is 1.85. The average Bonchev–Trinajstić information content (AvgIpc) is 2.12. The van der Waals surface area contributed by atoms with Gasteiger partial charge >= 0.3 is 5.97 Å². The van der Waals surface area contributed by atoms with Crippen LogP contribution in [0.4, 0.5) is 0 Å². The Morgan fingerprint density at radius 1 is 1.35 bits per heavy atom. The summed E-state index contributed by atoms with van der Waals surface area (Å²) in [5.41, 5.74) is 0. The third-order valence-corrected chi connectivity index (χ3v) is 3.55. The lowest BCUT2D eigenvalue weighted by molar-refractivity contribution is -0.134. The van der Waals surface area contributed by atoms with E-state index < -0.39 is 27.7 Å². The molecule has 0 aromatic heterocycles. The minimum absolute atomic E-state index is 0.264. The third kappa shape index (κ3) is 6.90. The summed E-state index contributed by atoms with van der Waals surface area (Å²) in [6.07, 6.45) is 0. The van der Waals surface area contributed by atoms with Gasteiger partial charge in [0, 0.05) is 13.6 Å². The van der Waals surface area contributed by atoms with Gasteiger partial charge in [0.25, 0.3) is 0 Å². The van der Waals surface area contributed by atoms with Crippen LogP contribution < -0.4 is 5.32 Å². The second-order valence-electron chi connectivity index (χ2n) is 4.10. The molecule has 0 radical (unpaired) electrons. The van der Waals surface area contributed by atoms with Crippen LogP contribution in [0.5, 0.6) is 0 Å². The fraction of sp³-hybridized carbons (Fsp3) is 0.778. The number of sulfonamides is 1. The zero-order chi connectivity index (χ0) is 13.6. The molecule has 0 saturated carbocycles. The standard InChI is InChI=1S/C9H18N2O5S/c1-7(2)4-10-8(12)5-11(3)17(15,16)6-9(13)14/h7H,4-6H2,1-3H3,(H,10,12)(H,13,14). The lowest BCUT2D eigenvalue weighted by atomic mass is 10.2. The Morgan fingerprint density at radius 2 is 1.88 bits per heavy atom. The Bertz CT molecular complexity index is 377. The van der Waals surface area contributed by atoms with Crippen molar-refractivity contribution >= 4 is 21.9 Å². The Morgan fingerprint density at radius 3 is 2.29 bits per heavy atom. The van der Waals surface area contributed by atoms with E-state index in [0.717, 1.165) is 4.31 Å². The summed E-state index contributed by atoms with van der Waals surface area (Å²) in [6.45, 7) is 3.89. The first-order valence-corrected chi connectivity index (χ1v) is 6.68. The molecule has 0 aliphatic rings. The van der Waals surface area contributed by atoms with Crippen molar-refractivity contribution < 1.29 is 23.1 Å². The van der Waals surface area contributed by atoms with Crippen LogP contribution in [0.15, 0.2) is 0 Å². The molecule has 2 N–H and O–H groups in total. The van der Waals surface area contributed by atoms with Crippen molar-refractivity contribution in [3.63, 3.8) is 0 Å². The van der Waals surface area contributed by atoms with E-state index in [-0.39, 0.29) is 12.5 Å². The van der Waals surface area contributed by atoms with Crippen LogP contribution in [0.2, 0.25) is 0 Å². The Balaban J connectivity index is 4.29. The Labute approximate surface area is 101 Å². The van der Waals surface area contributed by atoms with E-state index in [1.807, 2.05) is 13.8 Å². The molecule has 0 heterocycles. The van der Waals surface area contributed by atoms with Gasteiger partial charge in [-0.3, -0.25) is 9.59 Å². The van der Waals surface area contributed by atoms with E-state index in [1.165, 1.54) is 7.05 Å². The largest absolute Gasteiger partial charge is 0.480 e. The van der Waals surface area contributed by atoms with E-state index in [0.29, 0.717) is 6.54 Å². The number of hydrogen-bond acceptors (Lipinski definition) is 4. The summed E-state index contributed by atoms with van der Waals surface area (Å²) in [7, 11) is -2.75. The summed E-state index contributed by atoms with van der Waals surface area (Å²) < 4.78 is 23.5. The topological polar surface area (TPSA) is 104 Å². The highest BCUT2D eigenvalue weighted by molar-refractivity contribution is 7.89. The number of nitrogens with one attached hydrogen (secondary N) is 1. The van der Waals surface area contributed by atoms with Gasteiger partial charge < -0.3 is 10.4 Å². The molecule has 0 atom stereocenters. The molecule has 0 aliphatic carbocycles. The number of aliphatic carboxylic acids is 1. The van der Waals surface area contributed by atoms with Gasteiger partial charge in [0.15, 0.2) is 5.75 Å². The van der Waals surface area contributed by atoms with Crippen LogP contribution >= 0.6 is 0 Å². The van der Waals surface area contributed by atoms with Crippen LogP contribution in [0.3, 0.4) is 0 Å². The van der Waals surface area contributed by atoms with E-state index in [2.05, 4.69) is 5.32 Å². The molecule has 0 aromatic rings. The van der Waals surface area contributed by atoms with Crippen molar-refractivity contribution in [2.24, 2.45) is 5.92 Å².